The smallest absolute Gasteiger partial charge is 0.103 e. The zero-order chi connectivity index (χ0) is 20.0. The SMILES string of the molecule is CC1CC(C2=NCCCC2C2CCC3CNC(C4CCCC(N)C4)N32)CCC1F. The van der Waals surface area contributed by atoms with E-state index in [0.717, 1.165) is 32.4 Å². The van der Waals surface area contributed by atoms with E-state index in [1.54, 1.807) is 0 Å². The molecule has 9 atom stereocenters. The van der Waals surface area contributed by atoms with Crippen LogP contribution in [0, 0.1) is 23.7 Å². The van der Waals surface area contributed by atoms with Crippen LogP contribution in [0.1, 0.15) is 77.6 Å². The van der Waals surface area contributed by atoms with Crippen molar-refractivity contribution >= 4 is 5.71 Å². The molecule has 0 radical (unpaired) electrons. The molecule has 29 heavy (non-hydrogen) atoms. The summed E-state index contributed by atoms with van der Waals surface area (Å²) in [5.41, 5.74) is 7.83. The van der Waals surface area contributed by atoms with Gasteiger partial charge in [0.2, 0.25) is 0 Å². The minimum absolute atomic E-state index is 0.195. The van der Waals surface area contributed by atoms with E-state index >= 15 is 0 Å². The van der Waals surface area contributed by atoms with Crippen molar-refractivity contribution in [2.75, 3.05) is 13.1 Å². The number of rotatable bonds is 3. The Morgan fingerprint density at radius 1 is 1.03 bits per heavy atom. The Morgan fingerprint density at radius 2 is 1.93 bits per heavy atom. The lowest BCUT2D eigenvalue weighted by Crippen LogP contribution is -2.53. The van der Waals surface area contributed by atoms with E-state index < -0.39 is 6.17 Å². The van der Waals surface area contributed by atoms with Gasteiger partial charge < -0.3 is 5.73 Å². The van der Waals surface area contributed by atoms with Crippen molar-refractivity contribution in [3.63, 3.8) is 0 Å². The van der Waals surface area contributed by atoms with E-state index in [-0.39, 0.29) is 5.92 Å². The number of nitrogens with zero attached hydrogens (tertiary/aromatic N) is 2. The van der Waals surface area contributed by atoms with Crippen molar-refractivity contribution in [2.24, 2.45) is 34.4 Å². The topological polar surface area (TPSA) is 53.6 Å². The lowest BCUT2D eigenvalue weighted by Gasteiger charge is -2.43. The van der Waals surface area contributed by atoms with Crippen LogP contribution in [-0.2, 0) is 0 Å². The van der Waals surface area contributed by atoms with Gasteiger partial charge in [0.05, 0.1) is 6.17 Å². The zero-order valence-electron chi connectivity index (χ0n) is 18.2. The highest BCUT2D eigenvalue weighted by Crippen LogP contribution is 2.43. The van der Waals surface area contributed by atoms with E-state index in [0.29, 0.717) is 42.0 Å². The van der Waals surface area contributed by atoms with E-state index in [9.17, 15) is 4.39 Å². The third-order valence-corrected chi connectivity index (χ3v) is 8.98. The van der Waals surface area contributed by atoms with Gasteiger partial charge in [-0.25, -0.2) is 4.39 Å². The molecule has 0 aromatic rings. The third-order valence-electron chi connectivity index (χ3n) is 8.98. The number of hydrogen-bond acceptors (Lipinski definition) is 4. The monoisotopic (exact) mass is 404 g/mol. The Kier molecular flexibility index (Phi) is 6.01. The second-order valence-corrected chi connectivity index (χ2v) is 10.8. The summed E-state index contributed by atoms with van der Waals surface area (Å²) >= 11 is 0. The summed E-state index contributed by atoms with van der Waals surface area (Å²) < 4.78 is 14.1. The summed E-state index contributed by atoms with van der Waals surface area (Å²) in [6, 6.07) is 1.72. The number of hydrogen-bond donors (Lipinski definition) is 2. The second kappa shape index (κ2) is 8.55. The highest BCUT2D eigenvalue weighted by atomic mass is 19.1. The molecule has 4 fully saturated rings. The molecular formula is C24H41FN4. The summed E-state index contributed by atoms with van der Waals surface area (Å²) in [4.78, 5) is 8.02. The quantitative estimate of drug-likeness (QED) is 0.750. The maximum atomic E-state index is 14.1. The molecule has 5 aliphatic rings. The molecule has 164 valence electrons. The van der Waals surface area contributed by atoms with E-state index in [4.69, 9.17) is 10.7 Å². The van der Waals surface area contributed by atoms with Crippen molar-refractivity contribution < 1.29 is 4.39 Å². The minimum Gasteiger partial charge on any atom is -0.328 e. The second-order valence-electron chi connectivity index (χ2n) is 10.8. The number of nitrogens with one attached hydrogen (secondary N) is 1. The summed E-state index contributed by atoms with van der Waals surface area (Å²) in [6.45, 7) is 4.24. The molecule has 9 unspecified atom stereocenters. The van der Waals surface area contributed by atoms with Gasteiger partial charge >= 0.3 is 0 Å². The van der Waals surface area contributed by atoms with Crippen molar-refractivity contribution in [1.29, 1.82) is 0 Å². The Labute approximate surface area is 176 Å². The lowest BCUT2D eigenvalue weighted by atomic mass is 9.72. The molecule has 4 nitrogen and oxygen atoms in total. The number of aliphatic imine (C=N–C) groups is 1. The predicted molar refractivity (Wildman–Crippen MR) is 117 cm³/mol. The molecule has 0 bridgehead atoms. The van der Waals surface area contributed by atoms with Gasteiger partial charge in [-0.05, 0) is 82.0 Å². The summed E-state index contributed by atoms with van der Waals surface area (Å²) in [5.74, 6) is 2.02. The van der Waals surface area contributed by atoms with Crippen LogP contribution >= 0.6 is 0 Å². The van der Waals surface area contributed by atoms with Crippen LogP contribution in [0.15, 0.2) is 4.99 Å². The van der Waals surface area contributed by atoms with E-state index in [1.165, 1.54) is 57.1 Å². The molecule has 0 aromatic heterocycles. The molecule has 0 aromatic carbocycles. The highest BCUT2D eigenvalue weighted by Gasteiger charge is 2.50. The zero-order valence-corrected chi connectivity index (χ0v) is 18.2. The maximum Gasteiger partial charge on any atom is 0.103 e. The predicted octanol–water partition coefficient (Wildman–Crippen LogP) is 3.89. The minimum atomic E-state index is -0.604. The van der Waals surface area contributed by atoms with Gasteiger partial charge in [0.25, 0.3) is 0 Å². The molecule has 5 heteroatoms. The first-order chi connectivity index (χ1) is 14.1. The van der Waals surface area contributed by atoms with Crippen LogP contribution in [0.5, 0.6) is 0 Å². The van der Waals surface area contributed by atoms with Crippen molar-refractivity contribution in [1.82, 2.24) is 10.2 Å². The molecule has 3 aliphatic heterocycles. The molecule has 3 N–H and O–H groups in total. The van der Waals surface area contributed by atoms with Gasteiger partial charge in [-0.2, -0.15) is 0 Å². The number of nitrogens with two attached hydrogens (primary N) is 1. The van der Waals surface area contributed by atoms with Crippen molar-refractivity contribution in [2.45, 2.75) is 108 Å². The van der Waals surface area contributed by atoms with Gasteiger partial charge in [0.1, 0.15) is 6.17 Å². The lowest BCUT2D eigenvalue weighted by molar-refractivity contribution is 0.0802. The molecule has 0 spiro atoms. The Morgan fingerprint density at radius 3 is 2.76 bits per heavy atom. The van der Waals surface area contributed by atoms with Crippen molar-refractivity contribution in [3.8, 4) is 0 Å². The van der Waals surface area contributed by atoms with Crippen LogP contribution in [0.25, 0.3) is 0 Å². The van der Waals surface area contributed by atoms with Crippen LogP contribution < -0.4 is 11.1 Å². The number of halogens is 1. The van der Waals surface area contributed by atoms with E-state index in [2.05, 4.69) is 17.1 Å². The molecule has 2 saturated carbocycles. The Hall–Kier alpha value is -0.520. The fourth-order valence-electron chi connectivity index (χ4n) is 7.54. The summed E-state index contributed by atoms with van der Waals surface area (Å²) in [5, 5.41) is 3.91. The molecule has 2 saturated heterocycles. The Balaban J connectivity index is 1.34. The van der Waals surface area contributed by atoms with Gasteiger partial charge in [0, 0.05) is 42.8 Å². The average molecular weight is 405 g/mol. The van der Waals surface area contributed by atoms with Crippen LogP contribution in [0.4, 0.5) is 4.39 Å². The molecular weight excluding hydrogens is 363 g/mol. The Bertz CT molecular complexity index is 610. The third kappa shape index (κ3) is 3.92. The summed E-state index contributed by atoms with van der Waals surface area (Å²) in [6.07, 6.45) is 12.8. The highest BCUT2D eigenvalue weighted by molar-refractivity contribution is 5.90. The maximum absolute atomic E-state index is 14.1. The molecule has 2 aliphatic carbocycles. The largest absolute Gasteiger partial charge is 0.328 e. The van der Waals surface area contributed by atoms with Crippen molar-refractivity contribution in [3.05, 3.63) is 0 Å². The standard InChI is InChI=1S/C24H41FN4/c1-15-12-16(7-9-21(15)25)23-20(6-3-11-27-23)22-10-8-19-14-28-24(29(19)22)17-4-2-5-18(26)13-17/h15-22,24,28H,2-14,26H2,1H3. The fourth-order valence-corrected chi connectivity index (χ4v) is 7.54. The normalized spacial score (nSPS) is 49.1. The average Bonchev–Trinajstić information content (AvgIpc) is 3.32. The van der Waals surface area contributed by atoms with Gasteiger partial charge in [-0.15, -0.1) is 0 Å². The van der Waals surface area contributed by atoms with Crippen LogP contribution in [-0.4, -0.2) is 54.2 Å². The molecule has 3 heterocycles. The number of alkyl halides is 1. The first-order valence-electron chi connectivity index (χ1n) is 12.6. The summed E-state index contributed by atoms with van der Waals surface area (Å²) in [7, 11) is 0. The fraction of sp³-hybridized carbons (Fsp3) is 0.958. The van der Waals surface area contributed by atoms with Gasteiger partial charge in [0.15, 0.2) is 0 Å². The first-order valence-corrected chi connectivity index (χ1v) is 12.6. The molecule has 0 amide bonds. The first kappa shape index (κ1) is 20.4. The van der Waals surface area contributed by atoms with Crippen LogP contribution in [0.3, 0.4) is 0 Å². The molecule has 5 rings (SSSR count). The van der Waals surface area contributed by atoms with Gasteiger partial charge in [-0.3, -0.25) is 15.2 Å². The van der Waals surface area contributed by atoms with E-state index in [1.807, 2.05) is 0 Å². The number of fused-ring (bicyclic) bond motifs is 1. The van der Waals surface area contributed by atoms with Crippen LogP contribution in [0.2, 0.25) is 0 Å². The van der Waals surface area contributed by atoms with Gasteiger partial charge in [-0.1, -0.05) is 13.3 Å².